The number of nitrogens with one attached hydrogen (secondary N) is 1. The fraction of sp³-hybridized carbons (Fsp3) is 0.222. The van der Waals surface area contributed by atoms with Crippen molar-refractivity contribution in [3.63, 3.8) is 0 Å². The van der Waals surface area contributed by atoms with Crippen LogP contribution in [0.5, 0.6) is 11.5 Å². The molecule has 0 saturated carbocycles. The highest BCUT2D eigenvalue weighted by Gasteiger charge is 2.21. The Balaban J connectivity index is 1.44. The zero-order valence-corrected chi connectivity index (χ0v) is 14.5. The Hall–Kier alpha value is -2.93. The van der Waals surface area contributed by atoms with Crippen LogP contribution in [-0.4, -0.2) is 37.7 Å². The van der Waals surface area contributed by atoms with Gasteiger partial charge in [0, 0.05) is 10.7 Å². The Morgan fingerprint density at radius 1 is 1.23 bits per heavy atom. The molecule has 1 atom stereocenters. The highest BCUT2D eigenvalue weighted by Crippen LogP contribution is 2.30. The number of carbonyl (C=O) groups is 2. The van der Waals surface area contributed by atoms with Crippen molar-refractivity contribution >= 4 is 29.2 Å². The molecule has 7 nitrogen and oxygen atoms in total. The minimum Gasteiger partial charge on any atom is -0.486 e. The van der Waals surface area contributed by atoms with Gasteiger partial charge in [0.1, 0.15) is 12.7 Å². The zero-order chi connectivity index (χ0) is 18.5. The van der Waals surface area contributed by atoms with Crippen molar-refractivity contribution in [2.75, 3.05) is 25.5 Å². The molecular weight excluding hydrogens is 360 g/mol. The quantitative estimate of drug-likeness (QED) is 0.612. The van der Waals surface area contributed by atoms with Gasteiger partial charge < -0.3 is 25.3 Å². The van der Waals surface area contributed by atoms with Crippen molar-refractivity contribution < 1.29 is 23.8 Å². The van der Waals surface area contributed by atoms with Gasteiger partial charge in [-0.25, -0.2) is 4.79 Å². The number of nitrogen functional groups attached to an aromatic ring is 1. The van der Waals surface area contributed by atoms with Crippen molar-refractivity contribution in [1.82, 2.24) is 5.32 Å². The van der Waals surface area contributed by atoms with Gasteiger partial charge in [-0.2, -0.15) is 0 Å². The van der Waals surface area contributed by atoms with E-state index in [9.17, 15) is 9.59 Å². The lowest BCUT2D eigenvalue weighted by Crippen LogP contribution is -2.42. The number of anilines is 1. The molecule has 2 aromatic rings. The van der Waals surface area contributed by atoms with Crippen LogP contribution in [0.1, 0.15) is 10.4 Å². The first-order chi connectivity index (χ1) is 12.5. The number of nitrogens with two attached hydrogens (primary N) is 1. The predicted octanol–water partition coefficient (Wildman–Crippen LogP) is 2.04. The molecule has 0 aromatic heterocycles. The second kappa shape index (κ2) is 7.97. The third kappa shape index (κ3) is 4.37. The molecule has 0 aliphatic carbocycles. The number of halogens is 1. The number of amides is 1. The SMILES string of the molecule is Nc1cc(Cl)ccc1C(=O)OCC(=O)NCC1COc2ccccc2O1. The summed E-state index contributed by atoms with van der Waals surface area (Å²) >= 11 is 5.78. The number of fused-ring (bicyclic) bond motifs is 1. The lowest BCUT2D eigenvalue weighted by Gasteiger charge is -2.26. The van der Waals surface area contributed by atoms with Gasteiger partial charge in [0.15, 0.2) is 18.1 Å². The molecule has 8 heteroatoms. The van der Waals surface area contributed by atoms with Crippen LogP contribution in [0, 0.1) is 0 Å². The van der Waals surface area contributed by atoms with E-state index in [-0.39, 0.29) is 23.9 Å². The van der Waals surface area contributed by atoms with Crippen LogP contribution >= 0.6 is 11.6 Å². The summed E-state index contributed by atoms with van der Waals surface area (Å²) in [5.41, 5.74) is 6.05. The second-order valence-corrected chi connectivity index (χ2v) is 6.05. The van der Waals surface area contributed by atoms with Crippen molar-refractivity contribution in [1.29, 1.82) is 0 Å². The van der Waals surface area contributed by atoms with Gasteiger partial charge in [-0.15, -0.1) is 0 Å². The Labute approximate surface area is 155 Å². The van der Waals surface area contributed by atoms with Gasteiger partial charge in [-0.3, -0.25) is 4.79 Å². The molecule has 0 radical (unpaired) electrons. The van der Waals surface area contributed by atoms with Crippen LogP contribution in [0.3, 0.4) is 0 Å². The molecule has 1 aliphatic rings. The summed E-state index contributed by atoms with van der Waals surface area (Å²) in [6, 6.07) is 11.7. The summed E-state index contributed by atoms with van der Waals surface area (Å²) in [6.45, 7) is 0.122. The molecule has 3 N–H and O–H groups in total. The largest absolute Gasteiger partial charge is 0.486 e. The lowest BCUT2D eigenvalue weighted by molar-refractivity contribution is -0.124. The minimum absolute atomic E-state index is 0.155. The number of hydrogen-bond donors (Lipinski definition) is 2. The average molecular weight is 377 g/mol. The third-order valence-corrected chi connectivity index (χ3v) is 3.90. The van der Waals surface area contributed by atoms with E-state index in [1.54, 1.807) is 6.07 Å². The smallest absolute Gasteiger partial charge is 0.340 e. The maximum Gasteiger partial charge on any atom is 0.340 e. The molecule has 1 aliphatic heterocycles. The molecule has 136 valence electrons. The van der Waals surface area contributed by atoms with Gasteiger partial charge in [0.05, 0.1) is 12.1 Å². The Morgan fingerprint density at radius 3 is 2.77 bits per heavy atom. The Kier molecular flexibility index (Phi) is 5.48. The Morgan fingerprint density at radius 2 is 2.00 bits per heavy atom. The van der Waals surface area contributed by atoms with Crippen molar-refractivity contribution in [3.8, 4) is 11.5 Å². The number of benzene rings is 2. The van der Waals surface area contributed by atoms with Gasteiger partial charge in [0.25, 0.3) is 5.91 Å². The monoisotopic (exact) mass is 376 g/mol. The predicted molar refractivity (Wildman–Crippen MR) is 95.5 cm³/mol. The normalized spacial score (nSPS) is 15.2. The van der Waals surface area contributed by atoms with Crippen LogP contribution in [0.15, 0.2) is 42.5 Å². The van der Waals surface area contributed by atoms with Crippen LogP contribution in [0.25, 0.3) is 0 Å². The number of ether oxygens (including phenoxy) is 3. The standard InChI is InChI=1S/C18H17ClN2O5/c19-11-5-6-13(14(20)7-11)18(23)25-10-17(22)21-8-12-9-24-15-3-1-2-4-16(15)26-12/h1-7,12H,8-10,20H2,(H,21,22). The molecule has 26 heavy (non-hydrogen) atoms. The summed E-state index contributed by atoms with van der Waals surface area (Å²) in [7, 11) is 0. The van der Waals surface area contributed by atoms with Crippen molar-refractivity contribution in [2.45, 2.75) is 6.10 Å². The highest BCUT2D eigenvalue weighted by molar-refractivity contribution is 6.31. The van der Waals surface area contributed by atoms with Crippen LogP contribution in [0.4, 0.5) is 5.69 Å². The van der Waals surface area contributed by atoms with Crippen LogP contribution in [0.2, 0.25) is 5.02 Å². The molecule has 0 bridgehead atoms. The summed E-state index contributed by atoms with van der Waals surface area (Å²) in [4.78, 5) is 23.8. The third-order valence-electron chi connectivity index (χ3n) is 3.66. The molecule has 0 fully saturated rings. The van der Waals surface area contributed by atoms with Crippen LogP contribution in [-0.2, 0) is 9.53 Å². The highest BCUT2D eigenvalue weighted by atomic mass is 35.5. The van der Waals surface area contributed by atoms with E-state index in [1.165, 1.54) is 18.2 Å². The van der Waals surface area contributed by atoms with E-state index in [4.69, 9.17) is 31.5 Å². The number of hydrogen-bond acceptors (Lipinski definition) is 6. The van der Waals surface area contributed by atoms with E-state index < -0.39 is 18.5 Å². The average Bonchev–Trinajstić information content (AvgIpc) is 2.64. The number of rotatable bonds is 5. The number of para-hydroxylation sites is 2. The maximum absolute atomic E-state index is 12.0. The fourth-order valence-electron chi connectivity index (χ4n) is 2.37. The lowest BCUT2D eigenvalue weighted by atomic mass is 10.2. The van der Waals surface area contributed by atoms with Crippen LogP contribution < -0.4 is 20.5 Å². The van der Waals surface area contributed by atoms with E-state index in [1.807, 2.05) is 18.2 Å². The van der Waals surface area contributed by atoms with E-state index in [2.05, 4.69) is 5.32 Å². The van der Waals surface area contributed by atoms with E-state index >= 15 is 0 Å². The number of carbonyl (C=O) groups excluding carboxylic acids is 2. The van der Waals surface area contributed by atoms with Crippen molar-refractivity contribution in [3.05, 3.63) is 53.1 Å². The van der Waals surface area contributed by atoms with Gasteiger partial charge in [-0.05, 0) is 30.3 Å². The van der Waals surface area contributed by atoms with Gasteiger partial charge in [0.2, 0.25) is 0 Å². The zero-order valence-electron chi connectivity index (χ0n) is 13.7. The van der Waals surface area contributed by atoms with Gasteiger partial charge >= 0.3 is 5.97 Å². The molecular formula is C18H17ClN2O5. The molecule has 2 aromatic carbocycles. The minimum atomic E-state index is -0.694. The van der Waals surface area contributed by atoms with Gasteiger partial charge in [-0.1, -0.05) is 23.7 Å². The molecule has 0 spiro atoms. The molecule has 1 heterocycles. The molecule has 3 rings (SSSR count). The summed E-state index contributed by atoms with van der Waals surface area (Å²) in [5.74, 6) is 0.154. The van der Waals surface area contributed by atoms with Crippen molar-refractivity contribution in [2.24, 2.45) is 0 Å². The maximum atomic E-state index is 12.0. The van der Waals surface area contributed by atoms with E-state index in [0.717, 1.165) is 0 Å². The second-order valence-electron chi connectivity index (χ2n) is 5.61. The fourth-order valence-corrected chi connectivity index (χ4v) is 2.55. The van der Waals surface area contributed by atoms with E-state index in [0.29, 0.717) is 23.1 Å². The summed E-state index contributed by atoms with van der Waals surface area (Å²) < 4.78 is 16.2. The first-order valence-electron chi connectivity index (χ1n) is 7.90. The number of esters is 1. The molecule has 1 amide bonds. The molecule has 1 unspecified atom stereocenters. The summed E-state index contributed by atoms with van der Waals surface area (Å²) in [6.07, 6.45) is -0.323. The first kappa shape index (κ1) is 17.9. The molecule has 0 saturated heterocycles. The topological polar surface area (TPSA) is 99.9 Å². The first-order valence-corrected chi connectivity index (χ1v) is 8.28. The Bertz CT molecular complexity index is 827. The summed E-state index contributed by atoms with van der Waals surface area (Å²) in [5, 5.41) is 3.05.